The van der Waals surface area contributed by atoms with E-state index in [4.69, 9.17) is 0 Å². The normalized spacial score (nSPS) is 15.7. The first-order chi connectivity index (χ1) is 20.8. The van der Waals surface area contributed by atoms with Crippen LogP contribution in [-0.2, 0) is 5.41 Å². The van der Waals surface area contributed by atoms with E-state index in [1.165, 1.54) is 55.3 Å². The molecule has 0 aliphatic heterocycles. The minimum absolute atomic E-state index is 0.392. The second kappa shape index (κ2) is 8.80. The van der Waals surface area contributed by atoms with Gasteiger partial charge in [0.1, 0.15) is 0 Å². The van der Waals surface area contributed by atoms with Crippen LogP contribution >= 0.6 is 0 Å². The third kappa shape index (κ3) is 3.08. The Morgan fingerprint density at radius 2 is 0.786 bits per heavy atom. The van der Waals surface area contributed by atoms with Crippen LogP contribution in [0.4, 0.5) is 17.1 Å². The summed E-state index contributed by atoms with van der Waals surface area (Å²) in [5.74, 6) is 0. The molecule has 0 aromatic heterocycles. The van der Waals surface area contributed by atoms with Crippen molar-refractivity contribution in [2.24, 2.45) is 0 Å². The first-order valence-corrected chi connectivity index (χ1v) is 14.6. The SMILES string of the molecule is c1ccc(N(c2ccccc2)c2ccc3c(c2)C2(c4ccccc4-3)c3ccccc3-c3cc4ccccc4cc32)cc1. The highest BCUT2D eigenvalue weighted by Gasteiger charge is 2.51. The number of fused-ring (bicyclic) bond motifs is 11. The van der Waals surface area contributed by atoms with Crippen LogP contribution in [0.3, 0.4) is 0 Å². The van der Waals surface area contributed by atoms with Gasteiger partial charge >= 0.3 is 0 Å². The molecule has 196 valence electrons. The van der Waals surface area contributed by atoms with Gasteiger partial charge in [0.15, 0.2) is 0 Å². The minimum atomic E-state index is -0.392. The highest BCUT2D eigenvalue weighted by molar-refractivity contribution is 6.00. The maximum absolute atomic E-state index is 2.45. The van der Waals surface area contributed by atoms with Gasteiger partial charge < -0.3 is 4.90 Å². The summed E-state index contributed by atoms with van der Waals surface area (Å²) in [5, 5.41) is 2.56. The standard InChI is InChI=1S/C41H27N/c1-3-15-30(16-4-1)42(31-17-5-2-6-18-31)32-23-24-35-33-19-9-11-21-37(33)41(40(35)27-32)38-22-12-10-20-34(38)36-25-28-13-7-8-14-29(28)26-39(36)41/h1-27H. The molecule has 1 spiro atoms. The van der Waals surface area contributed by atoms with Gasteiger partial charge in [-0.1, -0.05) is 115 Å². The highest BCUT2D eigenvalue weighted by Crippen LogP contribution is 2.63. The third-order valence-electron chi connectivity index (χ3n) is 9.23. The van der Waals surface area contributed by atoms with Crippen LogP contribution in [0.15, 0.2) is 164 Å². The van der Waals surface area contributed by atoms with Crippen molar-refractivity contribution < 1.29 is 0 Å². The number of nitrogens with zero attached hydrogens (tertiary/aromatic N) is 1. The van der Waals surface area contributed by atoms with Gasteiger partial charge in [-0.15, -0.1) is 0 Å². The van der Waals surface area contributed by atoms with Crippen LogP contribution in [0.2, 0.25) is 0 Å². The molecule has 0 N–H and O–H groups in total. The van der Waals surface area contributed by atoms with Gasteiger partial charge in [0.05, 0.1) is 5.41 Å². The lowest BCUT2D eigenvalue weighted by atomic mass is 9.70. The van der Waals surface area contributed by atoms with Gasteiger partial charge in [-0.25, -0.2) is 0 Å². The van der Waals surface area contributed by atoms with E-state index in [2.05, 4.69) is 169 Å². The van der Waals surface area contributed by atoms with E-state index in [-0.39, 0.29) is 0 Å². The van der Waals surface area contributed by atoms with Crippen molar-refractivity contribution >= 4 is 27.8 Å². The fraction of sp³-hybridized carbons (Fsp3) is 0.0244. The molecule has 0 heterocycles. The van der Waals surface area contributed by atoms with Gasteiger partial charge in [0, 0.05) is 17.1 Å². The molecule has 42 heavy (non-hydrogen) atoms. The lowest BCUT2D eigenvalue weighted by molar-refractivity contribution is 0.795. The predicted molar refractivity (Wildman–Crippen MR) is 175 cm³/mol. The first-order valence-electron chi connectivity index (χ1n) is 14.6. The maximum Gasteiger partial charge on any atom is 0.0726 e. The quantitative estimate of drug-likeness (QED) is 0.218. The highest BCUT2D eigenvalue weighted by atomic mass is 15.1. The van der Waals surface area contributed by atoms with Crippen molar-refractivity contribution in [3.63, 3.8) is 0 Å². The van der Waals surface area contributed by atoms with Crippen LogP contribution in [0.25, 0.3) is 33.0 Å². The Morgan fingerprint density at radius 1 is 0.310 bits per heavy atom. The second-order valence-corrected chi connectivity index (χ2v) is 11.3. The van der Waals surface area contributed by atoms with E-state index in [1.54, 1.807) is 0 Å². The lowest BCUT2D eigenvalue weighted by Crippen LogP contribution is -2.26. The predicted octanol–water partition coefficient (Wildman–Crippen LogP) is 10.7. The van der Waals surface area contributed by atoms with E-state index < -0.39 is 5.41 Å². The maximum atomic E-state index is 2.45. The number of benzene rings is 7. The van der Waals surface area contributed by atoms with Gasteiger partial charge in [-0.2, -0.15) is 0 Å². The Hall–Kier alpha value is -5.40. The van der Waals surface area contributed by atoms with Gasteiger partial charge in [0.2, 0.25) is 0 Å². The summed E-state index contributed by atoms with van der Waals surface area (Å²) in [4.78, 5) is 2.37. The average Bonchev–Trinajstić information content (AvgIpc) is 3.51. The molecule has 9 rings (SSSR count). The molecule has 1 atom stereocenters. The Kier molecular flexibility index (Phi) is 4.88. The van der Waals surface area contributed by atoms with Crippen LogP contribution in [0, 0.1) is 0 Å². The molecule has 0 fully saturated rings. The summed E-state index contributed by atoms with van der Waals surface area (Å²) in [6.07, 6.45) is 0. The molecule has 1 unspecified atom stereocenters. The van der Waals surface area contributed by atoms with Crippen molar-refractivity contribution in [2.75, 3.05) is 4.90 Å². The molecular weight excluding hydrogens is 506 g/mol. The number of para-hydroxylation sites is 2. The average molecular weight is 534 g/mol. The van der Waals surface area contributed by atoms with E-state index in [0.29, 0.717) is 0 Å². The molecular formula is C41H27N. The number of hydrogen-bond donors (Lipinski definition) is 0. The summed E-state index contributed by atoms with van der Waals surface area (Å²) in [7, 11) is 0. The van der Waals surface area contributed by atoms with Crippen LogP contribution < -0.4 is 4.90 Å². The molecule has 1 heteroatoms. The van der Waals surface area contributed by atoms with Gasteiger partial charge in [0.25, 0.3) is 0 Å². The lowest BCUT2D eigenvalue weighted by Gasteiger charge is -2.32. The van der Waals surface area contributed by atoms with E-state index in [0.717, 1.165) is 17.1 Å². The van der Waals surface area contributed by atoms with Crippen molar-refractivity contribution in [3.05, 3.63) is 186 Å². The largest absolute Gasteiger partial charge is 0.310 e. The van der Waals surface area contributed by atoms with Gasteiger partial charge in [-0.3, -0.25) is 0 Å². The smallest absolute Gasteiger partial charge is 0.0726 e. The molecule has 7 aromatic rings. The Bertz CT molecular complexity index is 2110. The second-order valence-electron chi connectivity index (χ2n) is 11.3. The molecule has 0 saturated heterocycles. The number of anilines is 3. The van der Waals surface area contributed by atoms with E-state index in [9.17, 15) is 0 Å². The summed E-state index contributed by atoms with van der Waals surface area (Å²) in [6, 6.07) is 60.2. The fourth-order valence-electron chi connectivity index (χ4n) is 7.55. The summed E-state index contributed by atoms with van der Waals surface area (Å²) in [5.41, 5.74) is 13.8. The molecule has 0 radical (unpaired) electrons. The Morgan fingerprint density at radius 3 is 1.43 bits per heavy atom. The topological polar surface area (TPSA) is 3.24 Å². The Balaban J connectivity index is 1.39. The summed E-state index contributed by atoms with van der Waals surface area (Å²) < 4.78 is 0. The zero-order valence-electron chi connectivity index (χ0n) is 23.0. The zero-order valence-corrected chi connectivity index (χ0v) is 23.0. The molecule has 2 aliphatic rings. The van der Waals surface area contributed by atoms with Gasteiger partial charge in [-0.05, 0) is 104 Å². The zero-order chi connectivity index (χ0) is 27.7. The van der Waals surface area contributed by atoms with Crippen molar-refractivity contribution in [1.82, 2.24) is 0 Å². The Labute approximate surface area is 246 Å². The monoisotopic (exact) mass is 533 g/mol. The molecule has 0 amide bonds. The van der Waals surface area contributed by atoms with Crippen LogP contribution in [-0.4, -0.2) is 0 Å². The number of rotatable bonds is 3. The molecule has 0 saturated carbocycles. The number of hydrogen-bond acceptors (Lipinski definition) is 1. The molecule has 0 bridgehead atoms. The van der Waals surface area contributed by atoms with Crippen molar-refractivity contribution in [1.29, 1.82) is 0 Å². The van der Waals surface area contributed by atoms with E-state index >= 15 is 0 Å². The molecule has 1 nitrogen and oxygen atoms in total. The summed E-state index contributed by atoms with van der Waals surface area (Å²) >= 11 is 0. The molecule has 2 aliphatic carbocycles. The van der Waals surface area contributed by atoms with E-state index in [1.807, 2.05) is 0 Å². The van der Waals surface area contributed by atoms with Crippen molar-refractivity contribution in [2.45, 2.75) is 5.41 Å². The van der Waals surface area contributed by atoms with Crippen molar-refractivity contribution in [3.8, 4) is 22.3 Å². The third-order valence-corrected chi connectivity index (χ3v) is 9.23. The fourth-order valence-corrected chi connectivity index (χ4v) is 7.55. The van der Waals surface area contributed by atoms with Crippen LogP contribution in [0.1, 0.15) is 22.3 Å². The van der Waals surface area contributed by atoms with Crippen LogP contribution in [0.5, 0.6) is 0 Å². The summed E-state index contributed by atoms with van der Waals surface area (Å²) in [6.45, 7) is 0. The first kappa shape index (κ1) is 23.3. The molecule has 7 aromatic carbocycles. The minimum Gasteiger partial charge on any atom is -0.310 e.